The normalized spacial score (nSPS) is 12.1. The smallest absolute Gasteiger partial charge is 0.339 e. The second-order valence-electron chi connectivity index (χ2n) is 6.27. The highest BCUT2D eigenvalue weighted by Crippen LogP contribution is 2.23. The van der Waals surface area contributed by atoms with Crippen molar-refractivity contribution in [1.29, 1.82) is 0 Å². The maximum atomic E-state index is 12.2. The number of unbranched alkanes of at least 4 members (excludes halogenated alkanes) is 1. The number of phenols is 1. The molecule has 1 atom stereocenters. The molecule has 7 heteroatoms. The lowest BCUT2D eigenvalue weighted by Gasteiger charge is -2.14. The summed E-state index contributed by atoms with van der Waals surface area (Å²) in [7, 11) is 0. The molecule has 0 saturated heterocycles. The van der Waals surface area contributed by atoms with Crippen molar-refractivity contribution >= 4 is 22.8 Å². The number of nitrogens with one attached hydrogen (secondary N) is 1. The Morgan fingerprint density at radius 2 is 2.04 bits per heavy atom. The van der Waals surface area contributed by atoms with Crippen LogP contribution in [0.15, 0.2) is 27.4 Å². The standard InChI is InChI=1S/C19H23NO6/c1-3-4-5-15(18(23)24)20-17(22)9-8-14-11(2)13-7-6-12(21)10-16(13)26-19(14)25/h6-7,10,15,21H,3-5,8-9H2,1-2H3,(H,20,22)(H,23,24)/t15-/m1/s1. The van der Waals surface area contributed by atoms with Crippen LogP contribution in [-0.2, 0) is 16.0 Å². The number of phenolic OH excluding ortho intramolecular Hbond substituents is 1. The molecular formula is C19H23NO6. The van der Waals surface area contributed by atoms with Gasteiger partial charge in [-0.15, -0.1) is 0 Å². The molecule has 1 heterocycles. The minimum atomic E-state index is -1.06. The van der Waals surface area contributed by atoms with Crippen LogP contribution in [0, 0.1) is 6.92 Å². The molecule has 0 radical (unpaired) electrons. The predicted octanol–water partition coefficient (Wildman–Crippen LogP) is 2.50. The van der Waals surface area contributed by atoms with Gasteiger partial charge >= 0.3 is 11.6 Å². The van der Waals surface area contributed by atoms with E-state index < -0.39 is 23.5 Å². The first-order valence-corrected chi connectivity index (χ1v) is 8.61. The Morgan fingerprint density at radius 3 is 2.69 bits per heavy atom. The number of hydrogen-bond donors (Lipinski definition) is 3. The fourth-order valence-corrected chi connectivity index (χ4v) is 2.84. The number of carbonyl (C=O) groups is 2. The average molecular weight is 361 g/mol. The van der Waals surface area contributed by atoms with Crippen LogP contribution in [0.25, 0.3) is 11.0 Å². The first-order valence-electron chi connectivity index (χ1n) is 8.61. The predicted molar refractivity (Wildman–Crippen MR) is 96.3 cm³/mol. The third-order valence-corrected chi connectivity index (χ3v) is 4.35. The molecule has 0 spiro atoms. The number of aryl methyl sites for hydroxylation is 1. The summed E-state index contributed by atoms with van der Waals surface area (Å²) in [6.07, 6.45) is 2.06. The SMILES string of the molecule is CCCC[C@@H](NC(=O)CCc1c(C)c2ccc(O)cc2oc1=O)C(=O)O. The van der Waals surface area contributed by atoms with Crippen molar-refractivity contribution in [3.63, 3.8) is 0 Å². The van der Waals surface area contributed by atoms with E-state index in [9.17, 15) is 19.5 Å². The summed E-state index contributed by atoms with van der Waals surface area (Å²) >= 11 is 0. The summed E-state index contributed by atoms with van der Waals surface area (Å²) in [6, 6.07) is 3.60. The molecule has 0 fully saturated rings. The number of carbonyl (C=O) groups excluding carboxylic acids is 1. The topological polar surface area (TPSA) is 117 Å². The summed E-state index contributed by atoms with van der Waals surface area (Å²) in [5.74, 6) is -1.48. The zero-order valence-electron chi connectivity index (χ0n) is 14.9. The number of carboxylic acids is 1. The number of fused-ring (bicyclic) bond motifs is 1. The largest absolute Gasteiger partial charge is 0.508 e. The van der Waals surface area contributed by atoms with Gasteiger partial charge in [-0.1, -0.05) is 19.8 Å². The van der Waals surface area contributed by atoms with Crippen LogP contribution in [0.1, 0.15) is 43.7 Å². The maximum absolute atomic E-state index is 12.2. The molecule has 1 aromatic carbocycles. The minimum absolute atomic E-state index is 0.000954. The van der Waals surface area contributed by atoms with Crippen molar-refractivity contribution in [2.24, 2.45) is 0 Å². The Kier molecular flexibility index (Phi) is 6.38. The van der Waals surface area contributed by atoms with E-state index in [1.165, 1.54) is 12.1 Å². The third-order valence-electron chi connectivity index (χ3n) is 4.35. The third kappa shape index (κ3) is 4.62. The summed E-state index contributed by atoms with van der Waals surface area (Å²) in [6.45, 7) is 3.70. The Hall–Kier alpha value is -2.83. The zero-order chi connectivity index (χ0) is 19.3. The summed E-state index contributed by atoms with van der Waals surface area (Å²) < 4.78 is 5.22. The highest BCUT2D eigenvalue weighted by molar-refractivity contribution is 5.84. The van der Waals surface area contributed by atoms with Crippen LogP contribution in [0.4, 0.5) is 0 Å². The van der Waals surface area contributed by atoms with Gasteiger partial charge in [-0.05, 0) is 37.5 Å². The number of hydrogen-bond acceptors (Lipinski definition) is 5. The molecule has 0 bridgehead atoms. The van der Waals surface area contributed by atoms with Crippen molar-refractivity contribution in [2.75, 3.05) is 0 Å². The Morgan fingerprint density at radius 1 is 1.31 bits per heavy atom. The maximum Gasteiger partial charge on any atom is 0.339 e. The lowest BCUT2D eigenvalue weighted by Crippen LogP contribution is -2.40. The van der Waals surface area contributed by atoms with Gasteiger partial charge in [-0.3, -0.25) is 4.79 Å². The molecule has 2 aromatic rings. The van der Waals surface area contributed by atoms with Gasteiger partial charge in [-0.2, -0.15) is 0 Å². The molecular weight excluding hydrogens is 338 g/mol. The van der Waals surface area contributed by atoms with Crippen LogP contribution in [0.3, 0.4) is 0 Å². The van der Waals surface area contributed by atoms with Crippen LogP contribution in [0.5, 0.6) is 5.75 Å². The Balaban J connectivity index is 2.11. The molecule has 0 unspecified atom stereocenters. The number of aliphatic carboxylic acids is 1. The Bertz CT molecular complexity index is 870. The molecule has 140 valence electrons. The number of carboxylic acid groups (broad SMARTS) is 1. The van der Waals surface area contributed by atoms with E-state index in [0.717, 1.165) is 6.42 Å². The number of amides is 1. The molecule has 0 aliphatic heterocycles. The number of rotatable bonds is 8. The van der Waals surface area contributed by atoms with Gasteiger partial charge in [0.2, 0.25) is 5.91 Å². The highest BCUT2D eigenvalue weighted by atomic mass is 16.4. The van der Waals surface area contributed by atoms with E-state index in [4.69, 9.17) is 9.52 Å². The van der Waals surface area contributed by atoms with Gasteiger partial charge in [0.1, 0.15) is 17.4 Å². The molecule has 0 aliphatic rings. The van der Waals surface area contributed by atoms with Crippen molar-refractivity contribution in [2.45, 2.75) is 52.0 Å². The van der Waals surface area contributed by atoms with Crippen LogP contribution < -0.4 is 10.9 Å². The Labute approximate surface area is 150 Å². The summed E-state index contributed by atoms with van der Waals surface area (Å²) in [5, 5.41) is 21.8. The minimum Gasteiger partial charge on any atom is -0.508 e. The average Bonchev–Trinajstić information content (AvgIpc) is 2.57. The van der Waals surface area contributed by atoms with Crippen molar-refractivity contribution in [1.82, 2.24) is 5.32 Å². The van der Waals surface area contributed by atoms with Gasteiger partial charge in [0.25, 0.3) is 0 Å². The monoisotopic (exact) mass is 361 g/mol. The van der Waals surface area contributed by atoms with Crippen molar-refractivity contribution in [3.8, 4) is 5.75 Å². The van der Waals surface area contributed by atoms with E-state index in [0.29, 0.717) is 29.4 Å². The van der Waals surface area contributed by atoms with Crippen molar-refractivity contribution in [3.05, 3.63) is 39.7 Å². The number of benzene rings is 1. The van der Waals surface area contributed by atoms with E-state index in [1.807, 2.05) is 6.92 Å². The highest BCUT2D eigenvalue weighted by Gasteiger charge is 2.20. The van der Waals surface area contributed by atoms with Gasteiger partial charge < -0.3 is 19.9 Å². The number of aromatic hydroxyl groups is 1. The second kappa shape index (κ2) is 8.51. The molecule has 0 saturated carbocycles. The van der Waals surface area contributed by atoms with E-state index >= 15 is 0 Å². The van der Waals surface area contributed by atoms with Crippen LogP contribution >= 0.6 is 0 Å². The molecule has 0 aliphatic carbocycles. The van der Waals surface area contributed by atoms with Crippen LogP contribution in [-0.4, -0.2) is 28.1 Å². The van der Waals surface area contributed by atoms with E-state index in [-0.39, 0.29) is 24.2 Å². The van der Waals surface area contributed by atoms with Gasteiger partial charge in [0, 0.05) is 23.4 Å². The second-order valence-corrected chi connectivity index (χ2v) is 6.27. The summed E-state index contributed by atoms with van der Waals surface area (Å²) in [5.41, 5.74) is 0.781. The van der Waals surface area contributed by atoms with Crippen LogP contribution in [0.2, 0.25) is 0 Å². The quantitative estimate of drug-likeness (QED) is 0.622. The molecule has 1 aromatic heterocycles. The van der Waals surface area contributed by atoms with E-state index in [1.54, 1.807) is 13.0 Å². The summed E-state index contributed by atoms with van der Waals surface area (Å²) in [4.78, 5) is 35.5. The molecule has 26 heavy (non-hydrogen) atoms. The van der Waals surface area contributed by atoms with Gasteiger partial charge in [-0.25, -0.2) is 9.59 Å². The van der Waals surface area contributed by atoms with Gasteiger partial charge in [0.05, 0.1) is 0 Å². The van der Waals surface area contributed by atoms with E-state index in [2.05, 4.69) is 5.32 Å². The molecule has 1 amide bonds. The first kappa shape index (κ1) is 19.5. The first-order chi connectivity index (χ1) is 12.3. The molecule has 2 rings (SSSR count). The molecule has 7 nitrogen and oxygen atoms in total. The zero-order valence-corrected chi connectivity index (χ0v) is 14.9. The fourth-order valence-electron chi connectivity index (χ4n) is 2.84. The van der Waals surface area contributed by atoms with Crippen molar-refractivity contribution < 1.29 is 24.2 Å². The molecule has 3 N–H and O–H groups in total. The lowest BCUT2D eigenvalue weighted by molar-refractivity contribution is -0.142. The van der Waals surface area contributed by atoms with Gasteiger partial charge in [0.15, 0.2) is 0 Å². The lowest BCUT2D eigenvalue weighted by atomic mass is 10.0. The fraction of sp³-hybridized carbons (Fsp3) is 0.421.